The van der Waals surface area contributed by atoms with Crippen molar-refractivity contribution in [1.82, 2.24) is 0 Å². The Hall–Kier alpha value is -0.660. The van der Waals surface area contributed by atoms with Crippen LogP contribution in [0.3, 0.4) is 0 Å². The Labute approximate surface area is 202 Å². The smallest absolute Gasteiger partial charge is 0.140 e. The van der Waals surface area contributed by atoms with Gasteiger partial charge in [-0.1, -0.05) is 149 Å². The molecule has 2 nitrogen and oxygen atoms in total. The molecule has 0 aliphatic rings. The third-order valence-electron chi connectivity index (χ3n) is 6.76. The maximum absolute atomic E-state index is 11.9. The van der Waals surface area contributed by atoms with Crippen LogP contribution in [0.4, 0.5) is 0 Å². The maximum Gasteiger partial charge on any atom is 0.140 e. The van der Waals surface area contributed by atoms with Gasteiger partial charge in [-0.3, -0.25) is 9.59 Å². The molecule has 0 saturated carbocycles. The van der Waals surface area contributed by atoms with Crippen molar-refractivity contribution >= 4 is 11.6 Å². The highest BCUT2D eigenvalue weighted by Gasteiger charge is 2.08. The van der Waals surface area contributed by atoms with Crippen LogP contribution in [0.25, 0.3) is 0 Å². The standard InChI is InChI=1S/C30H58O2/c1-3-5-7-8-9-10-11-12-13-14-15-16-17-18-19-20-21-22-23-25-27-30(32)28-29(31)26-24-6-4-2/h3-28H2,1-2H3. The van der Waals surface area contributed by atoms with Crippen molar-refractivity contribution < 1.29 is 9.59 Å². The van der Waals surface area contributed by atoms with Crippen LogP contribution in [-0.4, -0.2) is 11.6 Å². The molecule has 0 aromatic rings. The topological polar surface area (TPSA) is 34.1 Å². The van der Waals surface area contributed by atoms with E-state index in [2.05, 4.69) is 13.8 Å². The third kappa shape index (κ3) is 25.6. The van der Waals surface area contributed by atoms with Gasteiger partial charge in [0.05, 0.1) is 6.42 Å². The largest absolute Gasteiger partial charge is 0.299 e. The molecule has 0 atom stereocenters. The Morgan fingerprint density at radius 3 is 0.875 bits per heavy atom. The molecule has 0 radical (unpaired) electrons. The SMILES string of the molecule is CCCCCCCCCCCCCCCCCCCCCCC(=O)CC(=O)CCCCC. The zero-order valence-corrected chi connectivity index (χ0v) is 22.2. The van der Waals surface area contributed by atoms with Gasteiger partial charge >= 0.3 is 0 Å². The molecule has 0 fully saturated rings. The first-order valence-corrected chi connectivity index (χ1v) is 14.7. The number of Topliss-reactive ketones (excluding diaryl/α,β-unsaturated/α-hetero) is 2. The Kier molecular flexibility index (Phi) is 26.0. The van der Waals surface area contributed by atoms with Gasteiger partial charge < -0.3 is 0 Å². The molecular formula is C30H58O2. The van der Waals surface area contributed by atoms with Gasteiger partial charge in [-0.2, -0.15) is 0 Å². The van der Waals surface area contributed by atoms with E-state index in [1.807, 2.05) is 0 Å². The number of carbonyl (C=O) groups excluding carboxylic acids is 2. The molecule has 0 saturated heterocycles. The molecule has 0 rings (SSSR count). The van der Waals surface area contributed by atoms with Crippen molar-refractivity contribution in [1.29, 1.82) is 0 Å². The van der Waals surface area contributed by atoms with E-state index >= 15 is 0 Å². The molecule has 32 heavy (non-hydrogen) atoms. The predicted molar refractivity (Wildman–Crippen MR) is 141 cm³/mol. The lowest BCUT2D eigenvalue weighted by atomic mass is 10.0. The predicted octanol–water partition coefficient (Wildman–Crippen LogP) is 10.3. The summed E-state index contributed by atoms with van der Waals surface area (Å²) in [6, 6.07) is 0. The minimum absolute atomic E-state index is 0.150. The molecule has 0 unspecified atom stereocenters. The number of ketones is 2. The first kappa shape index (κ1) is 31.3. The van der Waals surface area contributed by atoms with Gasteiger partial charge in [0.1, 0.15) is 11.6 Å². The first-order chi connectivity index (χ1) is 15.7. The highest BCUT2D eigenvalue weighted by atomic mass is 16.1. The molecule has 0 aromatic carbocycles. The van der Waals surface area contributed by atoms with Gasteiger partial charge in [0, 0.05) is 12.8 Å². The number of carbonyl (C=O) groups is 2. The minimum atomic E-state index is 0.150. The average molecular weight is 451 g/mol. The Morgan fingerprint density at radius 2 is 0.562 bits per heavy atom. The fourth-order valence-corrected chi connectivity index (χ4v) is 4.55. The average Bonchev–Trinajstić information content (AvgIpc) is 2.78. The molecule has 0 aliphatic carbocycles. The van der Waals surface area contributed by atoms with Gasteiger partial charge in [-0.05, 0) is 12.8 Å². The van der Waals surface area contributed by atoms with Crippen molar-refractivity contribution in [2.75, 3.05) is 0 Å². The Balaban J connectivity index is 3.17. The van der Waals surface area contributed by atoms with E-state index < -0.39 is 0 Å². The van der Waals surface area contributed by atoms with E-state index in [-0.39, 0.29) is 18.0 Å². The molecule has 0 bridgehead atoms. The van der Waals surface area contributed by atoms with E-state index in [1.165, 1.54) is 116 Å². The number of unbranched alkanes of at least 4 members (excludes halogenated alkanes) is 21. The maximum atomic E-state index is 11.9. The first-order valence-electron chi connectivity index (χ1n) is 14.7. The summed E-state index contributed by atoms with van der Waals surface area (Å²) in [5, 5.41) is 0. The molecule has 0 aromatic heterocycles. The van der Waals surface area contributed by atoms with Crippen LogP contribution in [0.5, 0.6) is 0 Å². The van der Waals surface area contributed by atoms with Gasteiger partial charge in [-0.25, -0.2) is 0 Å². The normalized spacial score (nSPS) is 11.2. The van der Waals surface area contributed by atoms with E-state index in [1.54, 1.807) is 0 Å². The van der Waals surface area contributed by atoms with Crippen molar-refractivity contribution in [3.05, 3.63) is 0 Å². The monoisotopic (exact) mass is 450 g/mol. The lowest BCUT2D eigenvalue weighted by Gasteiger charge is -2.04. The summed E-state index contributed by atoms with van der Waals surface area (Å²) in [7, 11) is 0. The number of rotatable bonds is 27. The van der Waals surface area contributed by atoms with E-state index in [0.29, 0.717) is 12.8 Å². The van der Waals surface area contributed by atoms with Crippen LogP contribution < -0.4 is 0 Å². The highest BCUT2D eigenvalue weighted by molar-refractivity contribution is 5.98. The molecule has 0 N–H and O–H groups in total. The summed E-state index contributed by atoms with van der Waals surface area (Å²) >= 11 is 0. The fraction of sp³-hybridized carbons (Fsp3) is 0.933. The lowest BCUT2D eigenvalue weighted by Crippen LogP contribution is -2.07. The van der Waals surface area contributed by atoms with Crippen molar-refractivity contribution in [3.63, 3.8) is 0 Å². The van der Waals surface area contributed by atoms with E-state index in [4.69, 9.17) is 0 Å². The molecule has 0 spiro atoms. The second-order valence-corrected chi connectivity index (χ2v) is 10.2. The van der Waals surface area contributed by atoms with E-state index in [9.17, 15) is 9.59 Å². The summed E-state index contributed by atoms with van der Waals surface area (Å²) in [6.07, 6.45) is 32.0. The van der Waals surface area contributed by atoms with Crippen molar-refractivity contribution in [2.45, 2.75) is 181 Å². The number of hydrogen-bond donors (Lipinski definition) is 0. The summed E-state index contributed by atoms with van der Waals surface area (Å²) in [5.41, 5.74) is 0. The van der Waals surface area contributed by atoms with Crippen molar-refractivity contribution in [3.8, 4) is 0 Å². The lowest BCUT2D eigenvalue weighted by molar-refractivity contribution is -0.127. The summed E-state index contributed by atoms with van der Waals surface area (Å²) in [5.74, 6) is 0.311. The number of hydrogen-bond acceptors (Lipinski definition) is 2. The van der Waals surface area contributed by atoms with Crippen LogP contribution in [-0.2, 0) is 9.59 Å². The second-order valence-electron chi connectivity index (χ2n) is 10.2. The summed E-state index contributed by atoms with van der Waals surface area (Å²) < 4.78 is 0. The van der Waals surface area contributed by atoms with Crippen LogP contribution in [0.15, 0.2) is 0 Å². The van der Waals surface area contributed by atoms with Gasteiger partial charge in [0.25, 0.3) is 0 Å². The molecule has 0 aliphatic heterocycles. The molecule has 2 heteroatoms. The molecule has 0 heterocycles. The minimum Gasteiger partial charge on any atom is -0.299 e. The second kappa shape index (κ2) is 26.6. The molecule has 190 valence electrons. The van der Waals surface area contributed by atoms with Gasteiger partial charge in [0.2, 0.25) is 0 Å². The Morgan fingerprint density at radius 1 is 0.344 bits per heavy atom. The Bertz CT molecular complexity index is 402. The van der Waals surface area contributed by atoms with Crippen molar-refractivity contribution in [2.24, 2.45) is 0 Å². The van der Waals surface area contributed by atoms with Crippen LogP contribution in [0.2, 0.25) is 0 Å². The van der Waals surface area contributed by atoms with Crippen LogP contribution >= 0.6 is 0 Å². The van der Waals surface area contributed by atoms with Crippen LogP contribution in [0, 0.1) is 0 Å². The fourth-order valence-electron chi connectivity index (χ4n) is 4.55. The highest BCUT2D eigenvalue weighted by Crippen LogP contribution is 2.15. The van der Waals surface area contributed by atoms with Crippen LogP contribution in [0.1, 0.15) is 181 Å². The summed E-state index contributed by atoms with van der Waals surface area (Å²) in [6.45, 7) is 4.42. The third-order valence-corrected chi connectivity index (χ3v) is 6.76. The quantitative estimate of drug-likeness (QED) is 0.0921. The van der Waals surface area contributed by atoms with Gasteiger partial charge in [-0.15, -0.1) is 0 Å². The molecule has 0 amide bonds. The summed E-state index contributed by atoms with van der Waals surface area (Å²) in [4.78, 5) is 23.6. The zero-order valence-electron chi connectivity index (χ0n) is 22.2. The zero-order chi connectivity index (χ0) is 23.5. The van der Waals surface area contributed by atoms with Gasteiger partial charge in [0.15, 0.2) is 0 Å². The van der Waals surface area contributed by atoms with E-state index in [0.717, 1.165) is 32.1 Å². The molecular weight excluding hydrogens is 392 g/mol.